The second kappa shape index (κ2) is 6.28. The fourth-order valence-corrected chi connectivity index (χ4v) is 2.72. The summed E-state index contributed by atoms with van der Waals surface area (Å²) >= 11 is 0. The van der Waals surface area contributed by atoms with Gasteiger partial charge in [-0.2, -0.15) is 0 Å². The number of benzene rings is 2. The highest BCUT2D eigenvalue weighted by Crippen LogP contribution is 2.21. The Balaban J connectivity index is 1.79. The lowest BCUT2D eigenvalue weighted by Crippen LogP contribution is -2.21. The van der Waals surface area contributed by atoms with Crippen molar-refractivity contribution in [3.63, 3.8) is 0 Å². The molecule has 22 heavy (non-hydrogen) atoms. The zero-order valence-electron chi connectivity index (χ0n) is 12.9. The number of imidazole rings is 1. The summed E-state index contributed by atoms with van der Waals surface area (Å²) in [5, 5.41) is 3.46. The minimum atomic E-state index is -0.204. The predicted molar refractivity (Wildman–Crippen MR) is 87.1 cm³/mol. The molecule has 1 heterocycles. The van der Waals surface area contributed by atoms with Gasteiger partial charge in [0.1, 0.15) is 11.6 Å². The first-order chi connectivity index (χ1) is 10.7. The molecule has 1 unspecified atom stereocenters. The molecule has 0 aliphatic rings. The average molecular weight is 297 g/mol. The minimum absolute atomic E-state index is 0.123. The number of halogens is 1. The Kier molecular flexibility index (Phi) is 4.20. The van der Waals surface area contributed by atoms with E-state index in [1.165, 1.54) is 12.1 Å². The first-order valence-corrected chi connectivity index (χ1v) is 7.62. The minimum Gasteiger partial charge on any atom is -0.327 e. The van der Waals surface area contributed by atoms with Gasteiger partial charge in [-0.15, -0.1) is 0 Å². The standard InChI is InChI=1S/C18H20FN3/c1-3-22-17-7-5-4-6-16(17)21-18(22)13(2)20-12-14-8-10-15(19)11-9-14/h4-11,13,20H,3,12H2,1-2H3. The highest BCUT2D eigenvalue weighted by Gasteiger charge is 2.15. The second-order valence-electron chi connectivity index (χ2n) is 5.43. The van der Waals surface area contributed by atoms with Crippen LogP contribution in [0.3, 0.4) is 0 Å². The van der Waals surface area contributed by atoms with Crippen LogP contribution in [0.25, 0.3) is 11.0 Å². The molecule has 2 aromatic carbocycles. The molecule has 0 saturated heterocycles. The lowest BCUT2D eigenvalue weighted by molar-refractivity contribution is 0.521. The van der Waals surface area contributed by atoms with Crippen LogP contribution in [-0.2, 0) is 13.1 Å². The van der Waals surface area contributed by atoms with Crippen LogP contribution in [0.2, 0.25) is 0 Å². The molecule has 0 aliphatic heterocycles. The van der Waals surface area contributed by atoms with E-state index in [9.17, 15) is 4.39 Å². The molecule has 0 aliphatic carbocycles. The maximum absolute atomic E-state index is 12.9. The summed E-state index contributed by atoms with van der Waals surface area (Å²) in [6, 6.07) is 14.9. The molecule has 3 rings (SSSR count). The van der Waals surface area contributed by atoms with E-state index in [2.05, 4.69) is 29.8 Å². The lowest BCUT2D eigenvalue weighted by Gasteiger charge is -2.15. The Morgan fingerprint density at radius 3 is 2.59 bits per heavy atom. The Bertz CT molecular complexity index is 762. The third-order valence-electron chi connectivity index (χ3n) is 3.91. The molecule has 0 amide bonds. The Hall–Kier alpha value is -2.20. The van der Waals surface area contributed by atoms with Gasteiger partial charge in [-0.05, 0) is 43.7 Å². The number of fused-ring (bicyclic) bond motifs is 1. The summed E-state index contributed by atoms with van der Waals surface area (Å²) in [7, 11) is 0. The van der Waals surface area contributed by atoms with Gasteiger partial charge in [0.15, 0.2) is 0 Å². The van der Waals surface area contributed by atoms with E-state index in [0.717, 1.165) is 29.0 Å². The van der Waals surface area contributed by atoms with E-state index in [4.69, 9.17) is 4.98 Å². The fourth-order valence-electron chi connectivity index (χ4n) is 2.72. The van der Waals surface area contributed by atoms with Crippen molar-refractivity contribution in [1.82, 2.24) is 14.9 Å². The second-order valence-corrected chi connectivity index (χ2v) is 5.43. The summed E-state index contributed by atoms with van der Waals surface area (Å²) in [5.74, 6) is 0.829. The zero-order chi connectivity index (χ0) is 15.5. The van der Waals surface area contributed by atoms with Gasteiger partial charge in [-0.25, -0.2) is 9.37 Å². The van der Waals surface area contributed by atoms with Crippen LogP contribution >= 0.6 is 0 Å². The van der Waals surface area contributed by atoms with Gasteiger partial charge in [-0.1, -0.05) is 24.3 Å². The molecule has 0 spiro atoms. The zero-order valence-corrected chi connectivity index (χ0v) is 12.9. The quantitative estimate of drug-likeness (QED) is 0.770. The fraction of sp³-hybridized carbons (Fsp3) is 0.278. The number of hydrogen-bond acceptors (Lipinski definition) is 2. The van der Waals surface area contributed by atoms with Gasteiger partial charge in [0.05, 0.1) is 17.1 Å². The van der Waals surface area contributed by atoms with Crippen molar-refractivity contribution >= 4 is 11.0 Å². The third kappa shape index (κ3) is 2.88. The Labute approximate surface area is 129 Å². The number of aryl methyl sites for hydroxylation is 1. The first kappa shape index (κ1) is 14.7. The normalized spacial score (nSPS) is 12.7. The first-order valence-electron chi connectivity index (χ1n) is 7.62. The van der Waals surface area contributed by atoms with Crippen molar-refractivity contribution in [1.29, 1.82) is 0 Å². The molecule has 1 aromatic heterocycles. The van der Waals surface area contributed by atoms with Gasteiger partial charge in [-0.3, -0.25) is 0 Å². The number of aromatic nitrogens is 2. The van der Waals surface area contributed by atoms with Crippen LogP contribution in [0.5, 0.6) is 0 Å². The van der Waals surface area contributed by atoms with E-state index < -0.39 is 0 Å². The van der Waals surface area contributed by atoms with E-state index in [0.29, 0.717) is 6.54 Å². The highest BCUT2D eigenvalue weighted by molar-refractivity contribution is 5.76. The van der Waals surface area contributed by atoms with Crippen LogP contribution < -0.4 is 5.32 Å². The van der Waals surface area contributed by atoms with Gasteiger partial charge in [0.2, 0.25) is 0 Å². The summed E-state index contributed by atoms with van der Waals surface area (Å²) < 4.78 is 15.2. The van der Waals surface area contributed by atoms with Crippen LogP contribution in [-0.4, -0.2) is 9.55 Å². The molecule has 0 bridgehead atoms. The van der Waals surface area contributed by atoms with Gasteiger partial charge in [0.25, 0.3) is 0 Å². The number of rotatable bonds is 5. The maximum atomic E-state index is 12.9. The SMILES string of the molecule is CCn1c(C(C)NCc2ccc(F)cc2)nc2ccccc21. The molecule has 0 fully saturated rings. The van der Waals surface area contributed by atoms with Crippen LogP contribution in [0.1, 0.15) is 31.3 Å². The molecular weight excluding hydrogens is 277 g/mol. The molecule has 3 nitrogen and oxygen atoms in total. The number of nitrogens with one attached hydrogen (secondary N) is 1. The van der Waals surface area contributed by atoms with Crippen molar-refractivity contribution in [3.05, 3.63) is 65.7 Å². The largest absolute Gasteiger partial charge is 0.327 e. The van der Waals surface area contributed by atoms with Crippen molar-refractivity contribution in [3.8, 4) is 0 Å². The van der Waals surface area contributed by atoms with Crippen molar-refractivity contribution in [2.45, 2.75) is 33.0 Å². The number of para-hydroxylation sites is 2. The maximum Gasteiger partial charge on any atom is 0.126 e. The molecule has 0 radical (unpaired) electrons. The van der Waals surface area contributed by atoms with E-state index >= 15 is 0 Å². The monoisotopic (exact) mass is 297 g/mol. The molecule has 4 heteroatoms. The summed E-state index contributed by atoms with van der Waals surface area (Å²) in [6.45, 7) is 5.81. The molecule has 3 aromatic rings. The van der Waals surface area contributed by atoms with Crippen LogP contribution in [0.15, 0.2) is 48.5 Å². The lowest BCUT2D eigenvalue weighted by atomic mass is 10.2. The summed E-state index contributed by atoms with van der Waals surface area (Å²) in [5.41, 5.74) is 3.25. The van der Waals surface area contributed by atoms with E-state index in [1.54, 1.807) is 12.1 Å². The van der Waals surface area contributed by atoms with Crippen LogP contribution in [0.4, 0.5) is 4.39 Å². The molecule has 114 valence electrons. The summed E-state index contributed by atoms with van der Waals surface area (Å²) in [4.78, 5) is 4.75. The van der Waals surface area contributed by atoms with Crippen molar-refractivity contribution in [2.75, 3.05) is 0 Å². The molecule has 1 atom stereocenters. The number of hydrogen-bond donors (Lipinski definition) is 1. The topological polar surface area (TPSA) is 29.9 Å². The number of nitrogens with zero attached hydrogens (tertiary/aromatic N) is 2. The Morgan fingerprint density at radius 2 is 1.86 bits per heavy atom. The smallest absolute Gasteiger partial charge is 0.126 e. The highest BCUT2D eigenvalue weighted by atomic mass is 19.1. The van der Waals surface area contributed by atoms with E-state index in [1.807, 2.05) is 18.2 Å². The molecule has 0 saturated carbocycles. The third-order valence-corrected chi connectivity index (χ3v) is 3.91. The van der Waals surface area contributed by atoms with Crippen molar-refractivity contribution < 1.29 is 4.39 Å². The van der Waals surface area contributed by atoms with E-state index in [-0.39, 0.29) is 11.9 Å². The predicted octanol–water partition coefficient (Wildman–Crippen LogP) is 4.05. The summed E-state index contributed by atoms with van der Waals surface area (Å²) in [6.07, 6.45) is 0. The molecule has 1 N–H and O–H groups in total. The van der Waals surface area contributed by atoms with Crippen LogP contribution in [0, 0.1) is 5.82 Å². The van der Waals surface area contributed by atoms with Gasteiger partial charge in [0, 0.05) is 13.1 Å². The average Bonchev–Trinajstić information content (AvgIpc) is 2.92. The Morgan fingerprint density at radius 1 is 1.14 bits per heavy atom. The van der Waals surface area contributed by atoms with Gasteiger partial charge < -0.3 is 9.88 Å². The van der Waals surface area contributed by atoms with Crippen molar-refractivity contribution in [2.24, 2.45) is 0 Å². The molecular formula is C18H20FN3. The van der Waals surface area contributed by atoms with Gasteiger partial charge >= 0.3 is 0 Å².